The molecule has 0 heterocycles. The van der Waals surface area contributed by atoms with Gasteiger partial charge in [0.2, 0.25) is 0 Å². The first kappa shape index (κ1) is 15.1. The van der Waals surface area contributed by atoms with Crippen molar-refractivity contribution >= 4 is 52.0 Å². The summed E-state index contributed by atoms with van der Waals surface area (Å²) < 4.78 is 0. The van der Waals surface area contributed by atoms with Crippen molar-refractivity contribution in [2.24, 2.45) is 0 Å². The molecule has 0 spiro atoms. The third kappa shape index (κ3) is 4.68. The summed E-state index contributed by atoms with van der Waals surface area (Å²) in [6, 6.07) is 4.68. The Morgan fingerprint density at radius 3 is 1.74 bits per heavy atom. The summed E-state index contributed by atoms with van der Waals surface area (Å²) in [5, 5.41) is 21.1. The minimum absolute atomic E-state index is 0.130. The second-order valence-electron chi connectivity index (χ2n) is 3.51. The maximum atomic E-state index is 11.1. The zero-order valence-corrected chi connectivity index (χ0v) is 12.0. The van der Waals surface area contributed by atoms with Crippen molar-refractivity contribution in [3.63, 3.8) is 0 Å². The van der Waals surface area contributed by atoms with Gasteiger partial charge in [-0.25, -0.2) is 4.79 Å². The first-order valence-electron chi connectivity index (χ1n) is 5.32. The van der Waals surface area contributed by atoms with Crippen LogP contribution in [0.3, 0.4) is 0 Å². The Balaban J connectivity index is 3.06. The number of benzene rings is 1. The predicted octanol–water partition coefficient (Wildman–Crippen LogP) is 1.22. The van der Waals surface area contributed by atoms with Gasteiger partial charge in [-0.3, -0.25) is 0 Å². The van der Waals surface area contributed by atoms with Gasteiger partial charge < -0.3 is 26.4 Å². The van der Waals surface area contributed by atoms with Gasteiger partial charge in [0.25, 0.3) is 0 Å². The highest BCUT2D eigenvalue weighted by atomic mass is 32.1. The molecule has 19 heavy (non-hydrogen) atoms. The van der Waals surface area contributed by atoms with E-state index >= 15 is 0 Å². The highest BCUT2D eigenvalue weighted by Crippen LogP contribution is 2.19. The summed E-state index contributed by atoms with van der Waals surface area (Å²) in [5.74, 6) is -1.03. The largest absolute Gasteiger partial charge is 0.478 e. The van der Waals surface area contributed by atoms with E-state index in [4.69, 9.17) is 29.5 Å². The van der Waals surface area contributed by atoms with Crippen LogP contribution < -0.4 is 21.3 Å². The second kappa shape index (κ2) is 6.86. The molecule has 0 aliphatic heterocycles. The van der Waals surface area contributed by atoms with E-state index in [0.29, 0.717) is 21.6 Å². The smallest absolute Gasteiger partial charge is 0.335 e. The van der Waals surface area contributed by atoms with Crippen LogP contribution in [0.2, 0.25) is 0 Å². The third-order valence-electron chi connectivity index (χ3n) is 2.15. The van der Waals surface area contributed by atoms with Crippen LogP contribution in [0.1, 0.15) is 10.4 Å². The molecule has 6 nitrogen and oxygen atoms in total. The minimum atomic E-state index is -1.03. The molecule has 0 saturated heterocycles. The molecular weight excluding hydrogens is 284 g/mol. The van der Waals surface area contributed by atoms with Crippen LogP contribution in [-0.2, 0) is 0 Å². The molecule has 0 radical (unpaired) electrons. The van der Waals surface area contributed by atoms with Crippen LogP contribution in [0.5, 0.6) is 0 Å². The van der Waals surface area contributed by atoms with Crippen molar-refractivity contribution < 1.29 is 9.90 Å². The van der Waals surface area contributed by atoms with Crippen molar-refractivity contribution in [3.05, 3.63) is 23.8 Å². The van der Waals surface area contributed by atoms with Crippen LogP contribution in [0, 0.1) is 0 Å². The highest BCUT2D eigenvalue weighted by molar-refractivity contribution is 7.80. The van der Waals surface area contributed by atoms with Crippen LogP contribution >= 0.6 is 24.4 Å². The molecule has 0 amide bonds. The molecular formula is C11H14N4O2S2. The number of thiocarbonyl (C=S) groups is 2. The molecule has 102 valence electrons. The van der Waals surface area contributed by atoms with Gasteiger partial charge in [-0.2, -0.15) is 0 Å². The molecule has 8 heteroatoms. The lowest BCUT2D eigenvalue weighted by molar-refractivity contribution is 0.0697. The number of nitrogens with one attached hydrogen (secondary N) is 4. The van der Waals surface area contributed by atoms with Gasteiger partial charge in [0.05, 0.1) is 5.56 Å². The van der Waals surface area contributed by atoms with Crippen molar-refractivity contribution in [2.45, 2.75) is 0 Å². The summed E-state index contributed by atoms with van der Waals surface area (Å²) in [6.45, 7) is 0. The number of anilines is 2. The van der Waals surface area contributed by atoms with Gasteiger partial charge in [0, 0.05) is 25.5 Å². The van der Waals surface area contributed by atoms with Crippen molar-refractivity contribution in [1.82, 2.24) is 10.6 Å². The molecule has 1 rings (SSSR count). The van der Waals surface area contributed by atoms with Gasteiger partial charge in [-0.15, -0.1) is 0 Å². The lowest BCUT2D eigenvalue weighted by atomic mass is 10.1. The average Bonchev–Trinajstić information content (AvgIpc) is 2.37. The predicted molar refractivity (Wildman–Crippen MR) is 84.0 cm³/mol. The standard InChI is InChI=1S/C11H14N4O2S2/c1-12-10(18)14-7-3-6(9(16)17)4-8(5-7)15-11(19)13-2/h3-5H,1-2H3,(H,16,17)(H2,12,14,18)(H2,13,15,19). The van der Waals surface area contributed by atoms with Gasteiger partial charge in [0.1, 0.15) is 0 Å². The van der Waals surface area contributed by atoms with Crippen molar-refractivity contribution in [1.29, 1.82) is 0 Å². The lowest BCUT2D eigenvalue weighted by Crippen LogP contribution is -2.25. The first-order valence-corrected chi connectivity index (χ1v) is 6.13. The minimum Gasteiger partial charge on any atom is -0.478 e. The second-order valence-corrected chi connectivity index (χ2v) is 4.33. The van der Waals surface area contributed by atoms with E-state index in [-0.39, 0.29) is 5.56 Å². The molecule has 0 bridgehead atoms. The van der Waals surface area contributed by atoms with Crippen LogP contribution in [-0.4, -0.2) is 35.4 Å². The zero-order valence-electron chi connectivity index (χ0n) is 10.4. The van der Waals surface area contributed by atoms with Crippen LogP contribution in [0.4, 0.5) is 11.4 Å². The molecule has 0 fully saturated rings. The van der Waals surface area contributed by atoms with Crippen LogP contribution in [0.15, 0.2) is 18.2 Å². The summed E-state index contributed by atoms with van der Waals surface area (Å²) in [6.07, 6.45) is 0. The van der Waals surface area contributed by atoms with Gasteiger partial charge >= 0.3 is 5.97 Å². The third-order valence-corrected chi connectivity index (χ3v) is 2.76. The number of carboxylic acid groups (broad SMARTS) is 1. The van der Waals surface area contributed by atoms with Crippen molar-refractivity contribution in [3.8, 4) is 0 Å². The Morgan fingerprint density at radius 1 is 1.00 bits per heavy atom. The van der Waals surface area contributed by atoms with E-state index in [1.807, 2.05) is 0 Å². The number of carboxylic acids is 1. The number of hydrogen-bond donors (Lipinski definition) is 5. The molecule has 1 aromatic rings. The Hall–Kier alpha value is -1.93. The normalized spacial score (nSPS) is 9.37. The summed E-state index contributed by atoms with van der Waals surface area (Å²) in [5.41, 5.74) is 1.24. The van der Waals surface area contributed by atoms with E-state index in [9.17, 15) is 4.79 Å². The zero-order chi connectivity index (χ0) is 14.4. The average molecular weight is 298 g/mol. The number of carbonyl (C=O) groups is 1. The van der Waals surface area contributed by atoms with Gasteiger partial charge in [-0.1, -0.05) is 0 Å². The highest BCUT2D eigenvalue weighted by Gasteiger charge is 2.08. The van der Waals surface area contributed by atoms with Crippen LogP contribution in [0.25, 0.3) is 0 Å². The quantitative estimate of drug-likeness (QED) is 0.533. The van der Waals surface area contributed by atoms with Gasteiger partial charge in [0.15, 0.2) is 10.2 Å². The SMILES string of the molecule is CNC(=S)Nc1cc(NC(=S)NC)cc(C(=O)O)c1. The fraction of sp³-hybridized carbons (Fsp3) is 0.182. The molecule has 0 aliphatic carbocycles. The number of aromatic carboxylic acids is 1. The molecule has 1 aromatic carbocycles. The summed E-state index contributed by atoms with van der Waals surface area (Å²) in [4.78, 5) is 11.1. The maximum Gasteiger partial charge on any atom is 0.335 e. The fourth-order valence-corrected chi connectivity index (χ4v) is 1.52. The van der Waals surface area contributed by atoms with E-state index in [1.54, 1.807) is 20.2 Å². The Morgan fingerprint density at radius 2 is 1.42 bits per heavy atom. The lowest BCUT2D eigenvalue weighted by Gasteiger charge is -2.12. The topological polar surface area (TPSA) is 85.4 Å². The van der Waals surface area contributed by atoms with E-state index in [2.05, 4.69) is 21.3 Å². The molecule has 0 atom stereocenters. The monoisotopic (exact) mass is 298 g/mol. The Labute approximate surface area is 121 Å². The first-order chi connectivity index (χ1) is 8.96. The molecule has 5 N–H and O–H groups in total. The molecule has 0 saturated carbocycles. The molecule has 0 unspecified atom stereocenters. The van der Waals surface area contributed by atoms with E-state index in [1.165, 1.54) is 12.1 Å². The van der Waals surface area contributed by atoms with Crippen molar-refractivity contribution in [2.75, 3.05) is 24.7 Å². The maximum absolute atomic E-state index is 11.1. The fourth-order valence-electron chi connectivity index (χ4n) is 1.28. The Kier molecular flexibility index (Phi) is 5.46. The number of hydrogen-bond acceptors (Lipinski definition) is 3. The summed E-state index contributed by atoms with van der Waals surface area (Å²) in [7, 11) is 3.34. The van der Waals surface area contributed by atoms with E-state index < -0.39 is 5.97 Å². The molecule has 0 aromatic heterocycles. The Bertz CT molecular complexity index is 483. The summed E-state index contributed by atoms with van der Waals surface area (Å²) >= 11 is 9.94. The molecule has 0 aliphatic rings. The van der Waals surface area contributed by atoms with Gasteiger partial charge in [-0.05, 0) is 42.6 Å². The number of rotatable bonds is 3. The van der Waals surface area contributed by atoms with E-state index in [0.717, 1.165) is 0 Å².